The van der Waals surface area contributed by atoms with Gasteiger partial charge in [0.15, 0.2) is 0 Å². The lowest BCUT2D eigenvalue weighted by Crippen LogP contribution is -2.32. The van der Waals surface area contributed by atoms with Gasteiger partial charge in [-0.1, -0.05) is 0 Å². The lowest BCUT2D eigenvalue weighted by atomic mass is 10.1. The molecule has 1 aliphatic carbocycles. The number of nitrogens with one attached hydrogen (secondary N) is 1. The molecule has 1 N–H and O–H groups in total. The third-order valence-corrected chi connectivity index (χ3v) is 4.11. The second-order valence-corrected chi connectivity index (χ2v) is 5.65. The fourth-order valence-electron chi connectivity index (χ4n) is 2.75. The maximum atomic E-state index is 6.09. The standard InChI is InChI=1S/C12H23ClN2/c13-12-4-3-11(9-12)10-14-5-8-15-6-1-2-7-15/h11-12,14H,1-10H2. The normalized spacial score (nSPS) is 32.6. The SMILES string of the molecule is ClC1CCC(CNCCN2CCCC2)C1. The summed E-state index contributed by atoms with van der Waals surface area (Å²) >= 11 is 6.09. The predicted molar refractivity (Wildman–Crippen MR) is 65.5 cm³/mol. The summed E-state index contributed by atoms with van der Waals surface area (Å²) in [5.74, 6) is 0.839. The van der Waals surface area contributed by atoms with Crippen LogP contribution in [0.25, 0.3) is 0 Å². The molecule has 0 aromatic carbocycles. The smallest absolute Gasteiger partial charge is 0.0339 e. The highest BCUT2D eigenvalue weighted by Gasteiger charge is 2.22. The maximum Gasteiger partial charge on any atom is 0.0339 e. The molecule has 88 valence electrons. The van der Waals surface area contributed by atoms with Crippen LogP contribution < -0.4 is 5.32 Å². The van der Waals surface area contributed by atoms with Gasteiger partial charge in [-0.25, -0.2) is 0 Å². The minimum absolute atomic E-state index is 0.454. The third kappa shape index (κ3) is 3.93. The first-order valence-electron chi connectivity index (χ1n) is 6.42. The summed E-state index contributed by atoms with van der Waals surface area (Å²) in [4.78, 5) is 2.56. The van der Waals surface area contributed by atoms with E-state index >= 15 is 0 Å². The molecule has 0 bridgehead atoms. The Morgan fingerprint density at radius 2 is 2.00 bits per heavy atom. The number of hydrogen-bond acceptors (Lipinski definition) is 2. The highest BCUT2D eigenvalue weighted by Crippen LogP contribution is 2.28. The molecule has 2 unspecified atom stereocenters. The Balaban J connectivity index is 1.48. The van der Waals surface area contributed by atoms with Gasteiger partial charge in [-0.15, -0.1) is 11.6 Å². The maximum absolute atomic E-state index is 6.09. The van der Waals surface area contributed by atoms with Crippen LogP contribution in [0.15, 0.2) is 0 Å². The number of nitrogens with zero attached hydrogens (tertiary/aromatic N) is 1. The molecule has 2 nitrogen and oxygen atoms in total. The van der Waals surface area contributed by atoms with Crippen molar-refractivity contribution in [1.82, 2.24) is 10.2 Å². The van der Waals surface area contributed by atoms with E-state index in [1.54, 1.807) is 0 Å². The topological polar surface area (TPSA) is 15.3 Å². The molecule has 2 fully saturated rings. The van der Waals surface area contributed by atoms with Crippen LogP contribution in [0.1, 0.15) is 32.1 Å². The highest BCUT2D eigenvalue weighted by atomic mass is 35.5. The molecule has 2 aliphatic rings. The molecule has 1 saturated carbocycles. The Morgan fingerprint density at radius 1 is 1.20 bits per heavy atom. The lowest BCUT2D eigenvalue weighted by Gasteiger charge is -2.16. The van der Waals surface area contributed by atoms with Crippen molar-refractivity contribution in [3.63, 3.8) is 0 Å². The molecule has 0 aromatic heterocycles. The van der Waals surface area contributed by atoms with E-state index in [1.807, 2.05) is 0 Å². The highest BCUT2D eigenvalue weighted by molar-refractivity contribution is 6.20. The van der Waals surface area contributed by atoms with E-state index in [4.69, 9.17) is 11.6 Å². The molecule has 0 spiro atoms. The molecule has 1 aliphatic heterocycles. The summed E-state index contributed by atoms with van der Waals surface area (Å²) in [5.41, 5.74) is 0. The zero-order valence-corrected chi connectivity index (χ0v) is 10.3. The van der Waals surface area contributed by atoms with Crippen molar-refractivity contribution >= 4 is 11.6 Å². The summed E-state index contributed by atoms with van der Waals surface area (Å²) in [7, 11) is 0. The van der Waals surface area contributed by atoms with Gasteiger partial charge in [0.2, 0.25) is 0 Å². The van der Waals surface area contributed by atoms with Crippen LogP contribution in [-0.2, 0) is 0 Å². The summed E-state index contributed by atoms with van der Waals surface area (Å²) in [6.07, 6.45) is 6.57. The Kier molecular flexibility index (Phi) is 4.73. The van der Waals surface area contributed by atoms with Crippen LogP contribution >= 0.6 is 11.6 Å². The van der Waals surface area contributed by atoms with Crippen LogP contribution in [-0.4, -0.2) is 43.0 Å². The molecule has 0 amide bonds. The quantitative estimate of drug-likeness (QED) is 0.575. The minimum atomic E-state index is 0.454. The van der Waals surface area contributed by atoms with Gasteiger partial charge in [0, 0.05) is 18.5 Å². The van der Waals surface area contributed by atoms with E-state index in [9.17, 15) is 0 Å². The monoisotopic (exact) mass is 230 g/mol. The van der Waals surface area contributed by atoms with Crippen LogP contribution in [0, 0.1) is 5.92 Å². The number of alkyl halides is 1. The lowest BCUT2D eigenvalue weighted by molar-refractivity contribution is 0.330. The molecule has 1 saturated heterocycles. The molecule has 3 heteroatoms. The predicted octanol–water partition coefficient (Wildman–Crippen LogP) is 2.08. The van der Waals surface area contributed by atoms with E-state index in [1.165, 1.54) is 58.3 Å². The van der Waals surface area contributed by atoms with Gasteiger partial charge in [0.05, 0.1) is 0 Å². The van der Waals surface area contributed by atoms with Gasteiger partial charge >= 0.3 is 0 Å². The zero-order valence-electron chi connectivity index (χ0n) is 9.55. The fourth-order valence-corrected chi connectivity index (χ4v) is 3.13. The minimum Gasteiger partial charge on any atom is -0.315 e. The Bertz CT molecular complexity index is 180. The van der Waals surface area contributed by atoms with E-state index in [2.05, 4.69) is 10.2 Å². The second-order valence-electron chi connectivity index (χ2n) is 5.03. The van der Waals surface area contributed by atoms with Crippen LogP contribution in [0.2, 0.25) is 0 Å². The van der Waals surface area contributed by atoms with Crippen molar-refractivity contribution in [1.29, 1.82) is 0 Å². The van der Waals surface area contributed by atoms with E-state index in [0.717, 1.165) is 12.5 Å². The summed E-state index contributed by atoms with van der Waals surface area (Å²) in [6.45, 7) is 6.20. The Morgan fingerprint density at radius 3 is 2.67 bits per heavy atom. The van der Waals surface area contributed by atoms with Crippen molar-refractivity contribution in [2.75, 3.05) is 32.7 Å². The average molecular weight is 231 g/mol. The zero-order chi connectivity index (χ0) is 10.5. The molecule has 2 atom stereocenters. The first kappa shape index (κ1) is 11.7. The molecule has 1 heterocycles. The Hall–Kier alpha value is 0.210. The van der Waals surface area contributed by atoms with Crippen molar-refractivity contribution in [2.24, 2.45) is 5.92 Å². The summed E-state index contributed by atoms with van der Waals surface area (Å²) in [5, 5.41) is 4.03. The number of likely N-dealkylation sites (tertiary alicyclic amines) is 1. The van der Waals surface area contributed by atoms with Gasteiger partial charge in [-0.2, -0.15) is 0 Å². The van der Waals surface area contributed by atoms with Gasteiger partial charge in [-0.05, 0) is 57.7 Å². The van der Waals surface area contributed by atoms with Crippen molar-refractivity contribution in [3.8, 4) is 0 Å². The third-order valence-electron chi connectivity index (χ3n) is 3.71. The van der Waals surface area contributed by atoms with Crippen LogP contribution in [0.5, 0.6) is 0 Å². The van der Waals surface area contributed by atoms with Crippen molar-refractivity contribution < 1.29 is 0 Å². The number of rotatable bonds is 5. The van der Waals surface area contributed by atoms with E-state index < -0.39 is 0 Å². The van der Waals surface area contributed by atoms with Gasteiger partial charge in [-0.3, -0.25) is 0 Å². The number of hydrogen-bond donors (Lipinski definition) is 1. The Labute approximate surface area is 98.4 Å². The van der Waals surface area contributed by atoms with Gasteiger partial charge in [0.25, 0.3) is 0 Å². The largest absolute Gasteiger partial charge is 0.315 e. The van der Waals surface area contributed by atoms with Crippen LogP contribution in [0.3, 0.4) is 0 Å². The first-order valence-corrected chi connectivity index (χ1v) is 6.85. The van der Waals surface area contributed by atoms with E-state index in [-0.39, 0.29) is 0 Å². The molecular formula is C12H23ClN2. The first-order chi connectivity index (χ1) is 7.34. The summed E-state index contributed by atoms with van der Waals surface area (Å²) < 4.78 is 0. The fraction of sp³-hybridized carbons (Fsp3) is 1.00. The molecule has 2 rings (SSSR count). The number of halogens is 1. The second kappa shape index (κ2) is 6.07. The molecule has 0 aromatic rings. The molecular weight excluding hydrogens is 208 g/mol. The van der Waals surface area contributed by atoms with Gasteiger partial charge in [0.1, 0.15) is 0 Å². The van der Waals surface area contributed by atoms with Crippen molar-refractivity contribution in [3.05, 3.63) is 0 Å². The van der Waals surface area contributed by atoms with Crippen LogP contribution in [0.4, 0.5) is 0 Å². The van der Waals surface area contributed by atoms with Crippen molar-refractivity contribution in [2.45, 2.75) is 37.5 Å². The molecule has 15 heavy (non-hydrogen) atoms. The average Bonchev–Trinajstić information content (AvgIpc) is 2.84. The summed E-state index contributed by atoms with van der Waals surface area (Å²) in [6, 6.07) is 0. The van der Waals surface area contributed by atoms with E-state index in [0.29, 0.717) is 5.38 Å². The molecule has 0 radical (unpaired) electrons. The van der Waals surface area contributed by atoms with Gasteiger partial charge < -0.3 is 10.2 Å².